The number of pyridine rings is 1. The van der Waals surface area contributed by atoms with Crippen LogP contribution >= 0.6 is 11.6 Å². The van der Waals surface area contributed by atoms with E-state index < -0.39 is 5.82 Å². The van der Waals surface area contributed by atoms with E-state index in [1.54, 1.807) is 26.1 Å². The first-order chi connectivity index (χ1) is 14.9. The molecule has 0 spiro atoms. The second-order valence-corrected chi connectivity index (χ2v) is 9.07. The van der Waals surface area contributed by atoms with Gasteiger partial charge >= 0.3 is 0 Å². The van der Waals surface area contributed by atoms with Crippen LogP contribution in [0.5, 0.6) is 0 Å². The van der Waals surface area contributed by atoms with Gasteiger partial charge in [-0.25, -0.2) is 14.4 Å². The summed E-state index contributed by atoms with van der Waals surface area (Å²) in [6.45, 7) is 5.74. The van der Waals surface area contributed by atoms with Gasteiger partial charge in [-0.3, -0.25) is 9.36 Å². The normalized spacial score (nSPS) is 19.6. The topological polar surface area (TPSA) is 63.1 Å². The smallest absolute Gasteiger partial charge is 0.263 e. The average molecular weight is 442 g/mol. The number of hydrogen-bond donors (Lipinski definition) is 1. The first kappa shape index (κ1) is 20.4. The number of hydrogen-bond acceptors (Lipinski definition) is 5. The van der Waals surface area contributed by atoms with Gasteiger partial charge in [0.25, 0.3) is 5.56 Å². The van der Waals surface area contributed by atoms with Gasteiger partial charge in [-0.15, -0.1) is 0 Å². The SMILES string of the molecule is Cc1nc2cc(N3CCCC(C4CNC4)C3)nc(-c3ccc(Cl)cc3F)c2c(=O)n1C. The molecule has 0 aliphatic carbocycles. The van der Waals surface area contributed by atoms with E-state index in [2.05, 4.69) is 15.2 Å². The molecule has 2 aliphatic heterocycles. The van der Waals surface area contributed by atoms with Crippen molar-refractivity contribution in [2.24, 2.45) is 18.9 Å². The van der Waals surface area contributed by atoms with Gasteiger partial charge in [0.1, 0.15) is 17.5 Å². The fourth-order valence-corrected chi connectivity index (χ4v) is 4.83. The molecule has 5 rings (SSSR count). The lowest BCUT2D eigenvalue weighted by atomic mass is 9.82. The maximum absolute atomic E-state index is 14.9. The summed E-state index contributed by atoms with van der Waals surface area (Å²) in [7, 11) is 1.67. The Hall–Kier alpha value is -2.51. The Morgan fingerprint density at radius 3 is 2.71 bits per heavy atom. The van der Waals surface area contributed by atoms with Crippen LogP contribution in [-0.2, 0) is 7.05 Å². The fraction of sp³-hybridized carbons (Fsp3) is 0.435. The highest BCUT2D eigenvalue weighted by Gasteiger charge is 2.32. The Morgan fingerprint density at radius 1 is 1.19 bits per heavy atom. The summed E-state index contributed by atoms with van der Waals surface area (Å²) < 4.78 is 16.4. The number of fused-ring (bicyclic) bond motifs is 1. The number of nitrogens with zero attached hydrogens (tertiary/aromatic N) is 4. The van der Waals surface area contributed by atoms with Gasteiger partial charge in [-0.2, -0.15) is 0 Å². The summed E-state index contributed by atoms with van der Waals surface area (Å²) in [5, 5.41) is 3.99. The molecule has 162 valence electrons. The number of anilines is 1. The monoisotopic (exact) mass is 441 g/mol. The van der Waals surface area contributed by atoms with Crippen molar-refractivity contribution in [3.8, 4) is 11.3 Å². The van der Waals surface area contributed by atoms with Crippen LogP contribution in [0.2, 0.25) is 5.02 Å². The summed E-state index contributed by atoms with van der Waals surface area (Å²) in [4.78, 5) is 24.8. The standard InChI is InChI=1S/C23H25ClFN5O/c1-13-27-19-9-20(30-7-3-4-14(12-30)15-10-26-11-15)28-22(21(19)23(31)29(13)2)17-6-5-16(24)8-18(17)25/h5-6,8-9,14-15,26H,3-4,7,10-12H2,1-2H3. The van der Waals surface area contributed by atoms with Crippen molar-refractivity contribution in [3.63, 3.8) is 0 Å². The van der Waals surface area contributed by atoms with Crippen LogP contribution in [0.3, 0.4) is 0 Å². The van der Waals surface area contributed by atoms with Crippen LogP contribution < -0.4 is 15.8 Å². The van der Waals surface area contributed by atoms with Gasteiger partial charge in [-0.05, 0) is 62.9 Å². The molecule has 0 bridgehead atoms. The van der Waals surface area contributed by atoms with Gasteiger partial charge in [0.05, 0.1) is 16.6 Å². The van der Waals surface area contributed by atoms with E-state index in [1.165, 1.54) is 17.1 Å². The zero-order valence-corrected chi connectivity index (χ0v) is 18.4. The van der Waals surface area contributed by atoms with E-state index in [4.69, 9.17) is 16.6 Å². The maximum atomic E-state index is 14.9. The van der Waals surface area contributed by atoms with Crippen LogP contribution in [0.15, 0.2) is 29.1 Å². The van der Waals surface area contributed by atoms with Crippen LogP contribution in [0.1, 0.15) is 18.7 Å². The third-order valence-electron chi connectivity index (χ3n) is 6.72. The first-order valence-corrected chi connectivity index (χ1v) is 11.1. The first-order valence-electron chi connectivity index (χ1n) is 10.7. The van der Waals surface area contributed by atoms with Gasteiger partial charge in [0.2, 0.25) is 0 Å². The molecule has 2 saturated heterocycles. The van der Waals surface area contributed by atoms with E-state index in [9.17, 15) is 9.18 Å². The van der Waals surface area contributed by atoms with Crippen LogP contribution in [-0.4, -0.2) is 40.7 Å². The van der Waals surface area contributed by atoms with Gasteiger partial charge < -0.3 is 10.2 Å². The molecule has 0 saturated carbocycles. The van der Waals surface area contributed by atoms with Gasteiger partial charge in [0.15, 0.2) is 0 Å². The summed E-state index contributed by atoms with van der Waals surface area (Å²) in [5.41, 5.74) is 0.892. The Bertz CT molecular complexity index is 1220. The number of halogens is 2. The Balaban J connectivity index is 1.68. The highest BCUT2D eigenvalue weighted by atomic mass is 35.5. The molecule has 1 unspecified atom stereocenters. The lowest BCUT2D eigenvalue weighted by Gasteiger charge is -2.41. The zero-order valence-electron chi connectivity index (χ0n) is 17.7. The van der Waals surface area contributed by atoms with Crippen molar-refractivity contribution < 1.29 is 4.39 Å². The average Bonchev–Trinajstić information content (AvgIpc) is 2.70. The second-order valence-electron chi connectivity index (χ2n) is 8.64. The minimum Gasteiger partial charge on any atom is -0.356 e. The molecule has 6 nitrogen and oxygen atoms in total. The molecule has 0 radical (unpaired) electrons. The van der Waals surface area contributed by atoms with E-state index in [0.29, 0.717) is 39.3 Å². The minimum atomic E-state index is -0.502. The quantitative estimate of drug-likeness (QED) is 0.673. The molecule has 2 aliphatic rings. The largest absolute Gasteiger partial charge is 0.356 e. The molecule has 1 N–H and O–H groups in total. The molecule has 8 heteroatoms. The molecule has 1 aromatic carbocycles. The van der Waals surface area contributed by atoms with Crippen molar-refractivity contribution in [1.82, 2.24) is 19.9 Å². The Kier molecular flexibility index (Phi) is 5.18. The highest BCUT2D eigenvalue weighted by Crippen LogP contribution is 2.34. The third-order valence-corrected chi connectivity index (χ3v) is 6.95. The Labute approximate surface area is 185 Å². The maximum Gasteiger partial charge on any atom is 0.263 e. The van der Waals surface area contributed by atoms with Gasteiger partial charge in [-0.1, -0.05) is 11.6 Å². The van der Waals surface area contributed by atoms with Crippen LogP contribution in [0, 0.1) is 24.6 Å². The number of benzene rings is 1. The lowest BCUT2D eigenvalue weighted by molar-refractivity contribution is 0.207. The number of aryl methyl sites for hydroxylation is 1. The van der Waals surface area contributed by atoms with Crippen molar-refractivity contribution in [2.45, 2.75) is 19.8 Å². The van der Waals surface area contributed by atoms with Crippen molar-refractivity contribution in [3.05, 3.63) is 51.3 Å². The number of piperidine rings is 1. The second kappa shape index (κ2) is 7.88. The molecule has 4 heterocycles. The Morgan fingerprint density at radius 2 is 2.00 bits per heavy atom. The highest BCUT2D eigenvalue weighted by molar-refractivity contribution is 6.30. The van der Waals surface area contributed by atoms with Crippen molar-refractivity contribution in [1.29, 1.82) is 0 Å². The molecular weight excluding hydrogens is 417 g/mol. The zero-order chi connectivity index (χ0) is 21.7. The predicted octanol–water partition coefficient (Wildman–Crippen LogP) is 3.53. The predicted molar refractivity (Wildman–Crippen MR) is 121 cm³/mol. The van der Waals surface area contributed by atoms with Crippen LogP contribution in [0.25, 0.3) is 22.2 Å². The summed E-state index contributed by atoms with van der Waals surface area (Å²) in [6, 6.07) is 6.33. The van der Waals surface area contributed by atoms with Crippen LogP contribution in [0.4, 0.5) is 10.2 Å². The molecular formula is C23H25ClFN5O. The third kappa shape index (κ3) is 3.59. The molecule has 3 aromatic rings. The minimum absolute atomic E-state index is 0.233. The van der Waals surface area contributed by atoms with Crippen molar-refractivity contribution in [2.75, 3.05) is 31.1 Å². The van der Waals surface area contributed by atoms with E-state index in [-0.39, 0.29) is 11.1 Å². The summed E-state index contributed by atoms with van der Waals surface area (Å²) >= 11 is 5.97. The molecule has 2 fully saturated rings. The summed E-state index contributed by atoms with van der Waals surface area (Å²) in [5.74, 6) is 2.16. The summed E-state index contributed by atoms with van der Waals surface area (Å²) in [6.07, 6.45) is 2.31. The van der Waals surface area contributed by atoms with Gasteiger partial charge in [0, 0.05) is 36.8 Å². The number of aromatic nitrogens is 3. The number of rotatable bonds is 3. The van der Waals surface area contributed by atoms with Crippen molar-refractivity contribution >= 4 is 28.3 Å². The fourth-order valence-electron chi connectivity index (χ4n) is 4.67. The lowest BCUT2D eigenvalue weighted by Crippen LogP contribution is -2.51. The van der Waals surface area contributed by atoms with E-state index in [1.807, 2.05) is 6.07 Å². The van der Waals surface area contributed by atoms with E-state index in [0.717, 1.165) is 38.4 Å². The molecule has 1 atom stereocenters. The van der Waals surface area contributed by atoms with E-state index >= 15 is 0 Å². The number of nitrogens with one attached hydrogen (secondary N) is 1. The molecule has 0 amide bonds. The molecule has 31 heavy (non-hydrogen) atoms. The molecule has 2 aromatic heterocycles.